The van der Waals surface area contributed by atoms with E-state index in [-0.39, 0.29) is 18.1 Å². The molecule has 32 heavy (non-hydrogen) atoms. The lowest BCUT2D eigenvalue weighted by atomic mass is 10.0. The predicted molar refractivity (Wildman–Crippen MR) is 114 cm³/mol. The Morgan fingerprint density at radius 3 is 2.56 bits per heavy atom. The molecule has 11 heteroatoms. The van der Waals surface area contributed by atoms with Crippen LogP contribution in [0.15, 0.2) is 64.0 Å². The van der Waals surface area contributed by atoms with Crippen molar-refractivity contribution in [1.29, 1.82) is 0 Å². The maximum absolute atomic E-state index is 13.0. The number of hydrogen-bond donors (Lipinski definition) is 2. The van der Waals surface area contributed by atoms with Crippen LogP contribution in [0.3, 0.4) is 0 Å². The Bertz CT molecular complexity index is 1230. The van der Waals surface area contributed by atoms with Crippen molar-refractivity contribution in [2.24, 2.45) is 0 Å². The SMILES string of the molecule is Cc1occc1-c1nsnc1C(=O)NC(Cc1ccccc1)C(=O)C(=O)Nc1ncco1. The summed E-state index contributed by atoms with van der Waals surface area (Å²) in [5.74, 6) is -1.87. The number of Topliss-reactive ketones (excluding diaryl/α,β-unsaturated/α-hetero) is 1. The molecule has 0 aliphatic carbocycles. The molecule has 4 aromatic rings. The van der Waals surface area contributed by atoms with Crippen molar-refractivity contribution in [2.45, 2.75) is 19.4 Å². The Balaban J connectivity index is 1.57. The molecule has 0 radical (unpaired) electrons. The molecule has 0 bridgehead atoms. The largest absolute Gasteiger partial charge is 0.469 e. The Morgan fingerprint density at radius 1 is 1.06 bits per heavy atom. The molecule has 1 atom stereocenters. The number of carbonyl (C=O) groups excluding carboxylic acids is 3. The smallest absolute Gasteiger partial charge is 0.301 e. The molecule has 4 rings (SSSR count). The highest BCUT2D eigenvalue weighted by Crippen LogP contribution is 2.26. The summed E-state index contributed by atoms with van der Waals surface area (Å²) in [6.45, 7) is 1.74. The molecule has 0 aliphatic heterocycles. The van der Waals surface area contributed by atoms with Crippen molar-refractivity contribution in [3.05, 3.63) is 72.1 Å². The maximum Gasteiger partial charge on any atom is 0.301 e. The van der Waals surface area contributed by atoms with E-state index in [1.54, 1.807) is 37.3 Å². The second kappa shape index (κ2) is 9.35. The Labute approximate surface area is 186 Å². The van der Waals surface area contributed by atoms with Crippen LogP contribution in [0.1, 0.15) is 21.8 Å². The monoisotopic (exact) mass is 451 g/mol. The fourth-order valence-corrected chi connectivity index (χ4v) is 3.59. The minimum Gasteiger partial charge on any atom is -0.469 e. The summed E-state index contributed by atoms with van der Waals surface area (Å²) in [5.41, 5.74) is 1.77. The number of aromatic nitrogens is 3. The lowest BCUT2D eigenvalue weighted by molar-refractivity contribution is -0.136. The summed E-state index contributed by atoms with van der Waals surface area (Å²) in [6, 6.07) is 9.43. The van der Waals surface area contributed by atoms with Gasteiger partial charge >= 0.3 is 6.01 Å². The molecule has 0 aliphatic rings. The minimum atomic E-state index is -1.15. The zero-order valence-corrected chi connectivity index (χ0v) is 17.6. The predicted octanol–water partition coefficient (Wildman–Crippen LogP) is 2.64. The number of rotatable bonds is 8. The van der Waals surface area contributed by atoms with Crippen LogP contribution in [0.5, 0.6) is 0 Å². The van der Waals surface area contributed by atoms with Gasteiger partial charge in [0.05, 0.1) is 24.2 Å². The van der Waals surface area contributed by atoms with Crippen LogP contribution < -0.4 is 10.6 Å². The summed E-state index contributed by atoms with van der Waals surface area (Å²) in [5, 5.41) is 4.90. The van der Waals surface area contributed by atoms with E-state index in [2.05, 4.69) is 24.4 Å². The van der Waals surface area contributed by atoms with E-state index in [0.717, 1.165) is 17.3 Å². The molecule has 0 saturated carbocycles. The van der Waals surface area contributed by atoms with Gasteiger partial charge in [-0.05, 0) is 18.6 Å². The number of carbonyl (C=O) groups is 3. The van der Waals surface area contributed by atoms with Crippen molar-refractivity contribution in [1.82, 2.24) is 19.0 Å². The lowest BCUT2D eigenvalue weighted by Gasteiger charge is -2.17. The van der Waals surface area contributed by atoms with Gasteiger partial charge in [0.25, 0.3) is 11.8 Å². The highest BCUT2D eigenvalue weighted by Gasteiger charge is 2.30. The van der Waals surface area contributed by atoms with Crippen molar-refractivity contribution in [2.75, 3.05) is 5.32 Å². The van der Waals surface area contributed by atoms with Crippen LogP contribution in [0.2, 0.25) is 0 Å². The number of oxazole rings is 1. The van der Waals surface area contributed by atoms with Gasteiger partial charge < -0.3 is 14.2 Å². The molecular weight excluding hydrogens is 434 g/mol. The number of aryl methyl sites for hydroxylation is 1. The van der Waals surface area contributed by atoms with Crippen LogP contribution in [0, 0.1) is 6.92 Å². The van der Waals surface area contributed by atoms with Gasteiger partial charge in [0.15, 0.2) is 5.69 Å². The van der Waals surface area contributed by atoms with Gasteiger partial charge in [-0.2, -0.15) is 8.75 Å². The van der Waals surface area contributed by atoms with E-state index >= 15 is 0 Å². The summed E-state index contributed by atoms with van der Waals surface area (Å²) in [7, 11) is 0. The first-order valence-corrected chi connectivity index (χ1v) is 10.2. The van der Waals surface area contributed by atoms with Crippen LogP contribution in [-0.4, -0.2) is 37.4 Å². The van der Waals surface area contributed by atoms with E-state index < -0.39 is 23.6 Å². The lowest BCUT2D eigenvalue weighted by Crippen LogP contribution is -2.47. The molecule has 1 unspecified atom stereocenters. The number of nitrogens with one attached hydrogen (secondary N) is 2. The number of furan rings is 1. The maximum atomic E-state index is 13.0. The molecule has 0 spiro atoms. The van der Waals surface area contributed by atoms with E-state index in [9.17, 15) is 14.4 Å². The second-order valence-corrected chi connectivity index (χ2v) is 7.25. The van der Waals surface area contributed by atoms with Gasteiger partial charge in [-0.1, -0.05) is 30.3 Å². The Hall–Kier alpha value is -4.12. The van der Waals surface area contributed by atoms with Crippen molar-refractivity contribution in [3.63, 3.8) is 0 Å². The Morgan fingerprint density at radius 2 is 1.88 bits per heavy atom. The second-order valence-electron chi connectivity index (χ2n) is 6.72. The standard InChI is InChI=1S/C21H17N5O5S/c1-12-14(7-9-30-12)16-17(26-32-25-16)19(28)23-15(11-13-5-3-2-4-6-13)18(27)20(29)24-21-22-8-10-31-21/h2-10,15H,11H2,1H3,(H,23,28)(H,22,24,29). The number of nitrogens with zero attached hydrogens (tertiary/aromatic N) is 3. The molecule has 10 nitrogen and oxygen atoms in total. The summed E-state index contributed by atoms with van der Waals surface area (Å²) < 4.78 is 18.5. The third-order valence-electron chi connectivity index (χ3n) is 4.60. The third-order valence-corrected chi connectivity index (χ3v) is 5.13. The molecule has 0 fully saturated rings. The fourth-order valence-electron chi connectivity index (χ4n) is 3.03. The average molecular weight is 451 g/mol. The molecule has 1 aromatic carbocycles. The normalized spacial score (nSPS) is 11.7. The van der Waals surface area contributed by atoms with Gasteiger partial charge in [-0.25, -0.2) is 4.98 Å². The summed E-state index contributed by atoms with van der Waals surface area (Å²) in [6.07, 6.45) is 4.18. The van der Waals surface area contributed by atoms with Crippen LogP contribution in [0.25, 0.3) is 11.3 Å². The van der Waals surface area contributed by atoms with E-state index in [1.807, 2.05) is 6.07 Å². The number of benzene rings is 1. The van der Waals surface area contributed by atoms with Gasteiger partial charge in [0, 0.05) is 12.0 Å². The number of ketones is 1. The first-order valence-electron chi connectivity index (χ1n) is 9.49. The molecule has 3 heterocycles. The van der Waals surface area contributed by atoms with Crippen LogP contribution >= 0.6 is 11.7 Å². The average Bonchev–Trinajstić information content (AvgIpc) is 3.55. The molecule has 0 saturated heterocycles. The van der Waals surface area contributed by atoms with Crippen molar-refractivity contribution >= 4 is 35.3 Å². The Kier molecular flexibility index (Phi) is 6.17. The highest BCUT2D eigenvalue weighted by molar-refractivity contribution is 6.99. The quantitative estimate of drug-likeness (QED) is 0.390. The topological polar surface area (TPSA) is 140 Å². The molecule has 3 aromatic heterocycles. The number of hydrogen-bond acceptors (Lipinski definition) is 9. The number of anilines is 1. The summed E-state index contributed by atoms with van der Waals surface area (Å²) in [4.78, 5) is 42.2. The molecular formula is C21H17N5O5S. The first-order chi connectivity index (χ1) is 15.5. The van der Waals surface area contributed by atoms with Crippen molar-refractivity contribution < 1.29 is 23.2 Å². The van der Waals surface area contributed by atoms with E-state index in [0.29, 0.717) is 17.0 Å². The highest BCUT2D eigenvalue weighted by atomic mass is 32.1. The van der Waals surface area contributed by atoms with Gasteiger partial charge in [0.2, 0.25) is 5.78 Å². The van der Waals surface area contributed by atoms with Crippen molar-refractivity contribution in [3.8, 4) is 11.3 Å². The van der Waals surface area contributed by atoms with Crippen LogP contribution in [-0.2, 0) is 16.0 Å². The van der Waals surface area contributed by atoms with Gasteiger partial charge in [0.1, 0.15) is 23.8 Å². The molecule has 162 valence electrons. The third kappa shape index (κ3) is 4.62. The summed E-state index contributed by atoms with van der Waals surface area (Å²) >= 11 is 0.863. The van der Waals surface area contributed by atoms with Gasteiger partial charge in [-0.15, -0.1) is 0 Å². The first kappa shape index (κ1) is 21.1. The van der Waals surface area contributed by atoms with Crippen LogP contribution in [0.4, 0.5) is 6.01 Å². The van der Waals surface area contributed by atoms with Gasteiger partial charge in [-0.3, -0.25) is 19.7 Å². The van der Waals surface area contributed by atoms with E-state index in [1.165, 1.54) is 18.7 Å². The number of amides is 2. The minimum absolute atomic E-state index is 0.0403. The zero-order valence-electron chi connectivity index (χ0n) is 16.8. The zero-order chi connectivity index (χ0) is 22.5. The fraction of sp³-hybridized carbons (Fsp3) is 0.143. The molecule has 2 amide bonds. The molecule has 2 N–H and O–H groups in total. The van der Waals surface area contributed by atoms with E-state index in [4.69, 9.17) is 8.83 Å².